The predicted octanol–water partition coefficient (Wildman–Crippen LogP) is 0.591. The Bertz CT molecular complexity index is 337. The number of ether oxygens (including phenoxy) is 1. The number of rotatable bonds is 2. The highest BCUT2D eigenvalue weighted by atomic mass is 32.2. The monoisotopic (exact) mass is 272 g/mol. The van der Waals surface area contributed by atoms with E-state index in [-0.39, 0.29) is 23.3 Å². The number of likely N-dealkylation sites (N-methyl/N-ethyl adjacent to an activating group) is 1. The lowest BCUT2D eigenvalue weighted by atomic mass is 10.0. The van der Waals surface area contributed by atoms with Gasteiger partial charge >= 0.3 is 5.97 Å². The molecule has 2 aliphatic rings. The largest absolute Gasteiger partial charge is 0.467 e. The van der Waals surface area contributed by atoms with Crippen molar-refractivity contribution in [3.05, 3.63) is 0 Å². The maximum absolute atomic E-state index is 12.5. The zero-order valence-corrected chi connectivity index (χ0v) is 11.7. The van der Waals surface area contributed by atoms with Gasteiger partial charge in [-0.1, -0.05) is 0 Å². The second-order valence-electron chi connectivity index (χ2n) is 4.67. The lowest BCUT2D eigenvalue weighted by Crippen LogP contribution is -2.56. The van der Waals surface area contributed by atoms with Gasteiger partial charge in [-0.05, 0) is 38.5 Å². The third kappa shape index (κ3) is 2.49. The summed E-state index contributed by atoms with van der Waals surface area (Å²) in [6.07, 6.45) is 3.48. The number of piperidine rings is 1. The van der Waals surface area contributed by atoms with Crippen LogP contribution < -0.4 is 5.32 Å². The lowest BCUT2D eigenvalue weighted by Gasteiger charge is -2.40. The minimum Gasteiger partial charge on any atom is -0.467 e. The molecule has 18 heavy (non-hydrogen) atoms. The first kappa shape index (κ1) is 13.7. The topological polar surface area (TPSA) is 58.6 Å². The molecular formula is C12H20N2O3S. The van der Waals surface area contributed by atoms with Crippen molar-refractivity contribution in [3.8, 4) is 0 Å². The maximum Gasteiger partial charge on any atom is 0.328 e. The fourth-order valence-corrected chi connectivity index (χ4v) is 4.07. The number of hydrogen-bond acceptors (Lipinski definition) is 5. The van der Waals surface area contributed by atoms with Crippen LogP contribution >= 0.6 is 11.8 Å². The van der Waals surface area contributed by atoms with E-state index in [1.807, 2.05) is 0 Å². The van der Waals surface area contributed by atoms with Crippen LogP contribution in [0.3, 0.4) is 0 Å². The fourth-order valence-electron chi connectivity index (χ4n) is 2.68. The molecule has 1 amide bonds. The Balaban J connectivity index is 2.23. The molecule has 0 radical (unpaired) electrons. The molecule has 0 saturated carbocycles. The number of methoxy groups -OCH3 is 1. The smallest absolute Gasteiger partial charge is 0.328 e. The summed E-state index contributed by atoms with van der Waals surface area (Å²) in [7, 11) is 3.18. The molecule has 2 heterocycles. The SMILES string of the molecule is CN[C@H]1CCSC2CCCC(C(=O)OC)N2C1=O. The van der Waals surface area contributed by atoms with Gasteiger partial charge in [0, 0.05) is 0 Å². The molecule has 102 valence electrons. The zero-order chi connectivity index (χ0) is 13.1. The van der Waals surface area contributed by atoms with Gasteiger partial charge in [0.15, 0.2) is 0 Å². The van der Waals surface area contributed by atoms with Crippen molar-refractivity contribution < 1.29 is 14.3 Å². The van der Waals surface area contributed by atoms with Gasteiger partial charge in [-0.15, -0.1) is 11.8 Å². The molecule has 5 nitrogen and oxygen atoms in total. The maximum atomic E-state index is 12.5. The Morgan fingerprint density at radius 1 is 1.44 bits per heavy atom. The Kier molecular flexibility index (Phi) is 4.50. The van der Waals surface area contributed by atoms with Gasteiger partial charge in [-0.25, -0.2) is 4.79 Å². The number of fused-ring (bicyclic) bond motifs is 1. The highest BCUT2D eigenvalue weighted by molar-refractivity contribution is 7.99. The second kappa shape index (κ2) is 5.93. The molecule has 0 aromatic rings. The fraction of sp³-hybridized carbons (Fsp3) is 0.833. The van der Waals surface area contributed by atoms with Gasteiger partial charge in [-0.3, -0.25) is 4.79 Å². The number of nitrogens with one attached hydrogen (secondary N) is 1. The summed E-state index contributed by atoms with van der Waals surface area (Å²) >= 11 is 1.78. The van der Waals surface area contributed by atoms with Crippen LogP contribution in [-0.2, 0) is 14.3 Å². The van der Waals surface area contributed by atoms with Crippen molar-refractivity contribution >= 4 is 23.6 Å². The molecule has 2 aliphatic heterocycles. The Morgan fingerprint density at radius 2 is 2.22 bits per heavy atom. The number of amides is 1. The summed E-state index contributed by atoms with van der Waals surface area (Å²) in [5, 5.41) is 3.18. The van der Waals surface area contributed by atoms with Crippen molar-refractivity contribution in [3.63, 3.8) is 0 Å². The predicted molar refractivity (Wildman–Crippen MR) is 70.2 cm³/mol. The van der Waals surface area contributed by atoms with Gasteiger partial charge < -0.3 is 15.0 Å². The lowest BCUT2D eigenvalue weighted by molar-refractivity contribution is -0.156. The zero-order valence-electron chi connectivity index (χ0n) is 10.8. The van der Waals surface area contributed by atoms with Crippen LogP contribution in [0.4, 0.5) is 0 Å². The summed E-state index contributed by atoms with van der Waals surface area (Å²) in [4.78, 5) is 26.1. The average molecular weight is 272 g/mol. The van der Waals surface area contributed by atoms with Crippen LogP contribution in [0.1, 0.15) is 25.7 Å². The quantitative estimate of drug-likeness (QED) is 0.746. The summed E-state index contributed by atoms with van der Waals surface area (Å²) in [5.74, 6) is 0.708. The molecule has 0 bridgehead atoms. The van der Waals surface area contributed by atoms with E-state index >= 15 is 0 Å². The van der Waals surface area contributed by atoms with Gasteiger partial charge in [-0.2, -0.15) is 0 Å². The molecular weight excluding hydrogens is 252 g/mol. The van der Waals surface area contributed by atoms with Crippen LogP contribution in [0.2, 0.25) is 0 Å². The average Bonchev–Trinajstić information content (AvgIpc) is 2.57. The number of thioether (sulfide) groups is 1. The van der Waals surface area contributed by atoms with Crippen LogP contribution in [0.25, 0.3) is 0 Å². The molecule has 1 N–H and O–H groups in total. The molecule has 2 fully saturated rings. The summed E-state index contributed by atoms with van der Waals surface area (Å²) in [6, 6.07) is -0.574. The van der Waals surface area contributed by atoms with Crippen LogP contribution in [-0.4, -0.2) is 54.1 Å². The number of carbonyl (C=O) groups excluding carboxylic acids is 2. The molecule has 3 atom stereocenters. The molecule has 0 aliphatic carbocycles. The van der Waals surface area contributed by atoms with Crippen molar-refractivity contribution in [2.45, 2.75) is 43.1 Å². The molecule has 2 unspecified atom stereocenters. The number of carbonyl (C=O) groups is 2. The number of nitrogens with zero attached hydrogens (tertiary/aromatic N) is 1. The first-order valence-corrected chi connectivity index (χ1v) is 7.42. The van der Waals surface area contributed by atoms with E-state index in [2.05, 4.69) is 5.32 Å². The van der Waals surface area contributed by atoms with E-state index < -0.39 is 6.04 Å². The first-order chi connectivity index (χ1) is 8.69. The number of esters is 1. The third-order valence-corrected chi connectivity index (χ3v) is 4.98. The Morgan fingerprint density at radius 3 is 2.89 bits per heavy atom. The minimum atomic E-state index is -0.400. The van der Waals surface area contributed by atoms with Gasteiger partial charge in [0.1, 0.15) is 6.04 Å². The molecule has 2 saturated heterocycles. The van der Waals surface area contributed by atoms with E-state index in [0.717, 1.165) is 25.0 Å². The van der Waals surface area contributed by atoms with Crippen molar-refractivity contribution in [1.82, 2.24) is 10.2 Å². The second-order valence-corrected chi connectivity index (χ2v) is 5.96. The van der Waals surface area contributed by atoms with Gasteiger partial charge in [0.05, 0.1) is 18.5 Å². The van der Waals surface area contributed by atoms with Crippen molar-refractivity contribution in [1.29, 1.82) is 0 Å². The van der Waals surface area contributed by atoms with E-state index in [4.69, 9.17) is 4.74 Å². The van der Waals surface area contributed by atoms with Crippen LogP contribution in [0.5, 0.6) is 0 Å². The molecule has 6 heteroatoms. The van der Waals surface area contributed by atoms with E-state index in [1.54, 1.807) is 23.7 Å². The standard InChI is InChI=1S/C12H20N2O3S/c1-13-8-6-7-18-10-5-3-4-9(12(16)17-2)14(10)11(8)15/h8-10,13H,3-7H2,1-2H3/t8-,9?,10?/m0/s1. The normalized spacial score (nSPS) is 32.7. The molecule has 0 aromatic heterocycles. The van der Waals surface area contributed by atoms with Crippen molar-refractivity contribution in [2.75, 3.05) is 19.9 Å². The van der Waals surface area contributed by atoms with Crippen LogP contribution in [0, 0.1) is 0 Å². The summed E-state index contributed by atoms with van der Waals surface area (Å²) in [6.45, 7) is 0. The van der Waals surface area contributed by atoms with Crippen LogP contribution in [0.15, 0.2) is 0 Å². The minimum absolute atomic E-state index is 0.0441. The molecule has 0 aromatic carbocycles. The van der Waals surface area contributed by atoms with Gasteiger partial charge in [0.2, 0.25) is 5.91 Å². The third-order valence-electron chi connectivity index (χ3n) is 3.67. The van der Waals surface area contributed by atoms with E-state index in [9.17, 15) is 9.59 Å². The highest BCUT2D eigenvalue weighted by Crippen LogP contribution is 2.34. The Hall–Kier alpha value is -0.750. The summed E-state index contributed by atoms with van der Waals surface area (Å²) < 4.78 is 4.83. The van der Waals surface area contributed by atoms with E-state index in [0.29, 0.717) is 6.42 Å². The van der Waals surface area contributed by atoms with E-state index in [1.165, 1.54) is 7.11 Å². The molecule has 2 rings (SSSR count). The molecule has 0 spiro atoms. The van der Waals surface area contributed by atoms with Gasteiger partial charge in [0.25, 0.3) is 0 Å². The summed E-state index contributed by atoms with van der Waals surface area (Å²) in [5.41, 5.74) is 0. The Labute approximate surface area is 112 Å². The van der Waals surface area contributed by atoms with Crippen molar-refractivity contribution in [2.24, 2.45) is 0 Å². The first-order valence-electron chi connectivity index (χ1n) is 6.38. The number of hydrogen-bond donors (Lipinski definition) is 1. The highest BCUT2D eigenvalue weighted by Gasteiger charge is 2.42.